The quantitative estimate of drug-likeness (QED) is 0.586. The molecule has 1 amide bonds. The van der Waals surface area contributed by atoms with Crippen molar-refractivity contribution in [1.29, 1.82) is 0 Å². The van der Waals surface area contributed by atoms with E-state index in [9.17, 15) is 4.79 Å². The average Bonchev–Trinajstić information content (AvgIpc) is 2.77. The lowest BCUT2D eigenvalue weighted by Gasteiger charge is -2.18. The van der Waals surface area contributed by atoms with Crippen LogP contribution in [0.1, 0.15) is 18.9 Å². The van der Waals surface area contributed by atoms with Crippen LogP contribution in [-0.2, 0) is 11.2 Å². The molecule has 29 heavy (non-hydrogen) atoms. The van der Waals surface area contributed by atoms with Crippen molar-refractivity contribution < 1.29 is 19.0 Å². The van der Waals surface area contributed by atoms with E-state index in [1.807, 2.05) is 67.6 Å². The molecule has 0 bridgehead atoms. The minimum absolute atomic E-state index is 0.110. The summed E-state index contributed by atoms with van der Waals surface area (Å²) in [6.07, 6.45) is 0.744. The van der Waals surface area contributed by atoms with E-state index in [2.05, 4.69) is 5.32 Å². The molecule has 0 aliphatic heterocycles. The minimum Gasteiger partial charge on any atom is -0.493 e. The van der Waals surface area contributed by atoms with Gasteiger partial charge in [0, 0.05) is 11.9 Å². The summed E-state index contributed by atoms with van der Waals surface area (Å²) < 4.78 is 16.6. The van der Waals surface area contributed by atoms with Crippen molar-refractivity contribution in [3.8, 4) is 17.2 Å². The zero-order valence-electron chi connectivity index (χ0n) is 17.1. The van der Waals surface area contributed by atoms with Crippen LogP contribution in [0.5, 0.6) is 17.2 Å². The van der Waals surface area contributed by atoms with Crippen molar-refractivity contribution in [3.05, 3.63) is 66.2 Å². The third-order valence-corrected chi connectivity index (χ3v) is 4.84. The van der Waals surface area contributed by atoms with Crippen molar-refractivity contribution in [2.24, 2.45) is 0 Å². The van der Waals surface area contributed by atoms with Crippen LogP contribution in [0, 0.1) is 0 Å². The Morgan fingerprint density at radius 3 is 2.45 bits per heavy atom. The predicted molar refractivity (Wildman–Crippen MR) is 115 cm³/mol. The van der Waals surface area contributed by atoms with Crippen LogP contribution in [0.15, 0.2) is 60.7 Å². The zero-order chi connectivity index (χ0) is 20.6. The molecule has 0 radical (unpaired) electrons. The average molecular weight is 393 g/mol. The maximum atomic E-state index is 12.6. The van der Waals surface area contributed by atoms with Crippen LogP contribution in [0.25, 0.3) is 10.8 Å². The molecular weight excluding hydrogens is 366 g/mol. The first-order valence-corrected chi connectivity index (χ1v) is 9.79. The number of methoxy groups -OCH3 is 2. The second kappa shape index (κ2) is 9.82. The number of rotatable bonds is 9. The number of nitrogens with one attached hydrogen (secondary N) is 1. The Morgan fingerprint density at radius 1 is 0.931 bits per heavy atom. The number of amides is 1. The Kier molecular flexibility index (Phi) is 6.95. The minimum atomic E-state index is -0.536. The van der Waals surface area contributed by atoms with Gasteiger partial charge in [0.05, 0.1) is 14.2 Å². The molecule has 3 aromatic carbocycles. The zero-order valence-corrected chi connectivity index (χ0v) is 17.1. The lowest BCUT2D eigenvalue weighted by Crippen LogP contribution is -2.39. The summed E-state index contributed by atoms with van der Waals surface area (Å²) in [5.41, 5.74) is 1.06. The second-order valence-electron chi connectivity index (χ2n) is 6.72. The molecule has 3 aromatic rings. The second-order valence-corrected chi connectivity index (χ2v) is 6.72. The molecule has 0 saturated carbocycles. The summed E-state index contributed by atoms with van der Waals surface area (Å²) in [6, 6.07) is 19.6. The third-order valence-electron chi connectivity index (χ3n) is 4.84. The number of carbonyl (C=O) groups excluding carboxylic acids is 1. The fourth-order valence-electron chi connectivity index (χ4n) is 3.25. The SMILES string of the molecule is CC[C@H](Oc1cccc2ccccc12)C(=O)NCCc1ccc(OC)c(OC)c1. The van der Waals surface area contributed by atoms with Gasteiger partial charge in [0.25, 0.3) is 5.91 Å². The molecule has 0 spiro atoms. The van der Waals surface area contributed by atoms with E-state index in [1.54, 1.807) is 14.2 Å². The van der Waals surface area contributed by atoms with Crippen molar-refractivity contribution in [1.82, 2.24) is 5.32 Å². The Hall–Kier alpha value is -3.21. The van der Waals surface area contributed by atoms with Crippen molar-refractivity contribution in [2.75, 3.05) is 20.8 Å². The van der Waals surface area contributed by atoms with Crippen molar-refractivity contribution in [3.63, 3.8) is 0 Å². The van der Waals surface area contributed by atoms with E-state index in [-0.39, 0.29) is 5.91 Å². The Balaban J connectivity index is 1.60. The van der Waals surface area contributed by atoms with Gasteiger partial charge in [0.1, 0.15) is 5.75 Å². The lowest BCUT2D eigenvalue weighted by molar-refractivity contribution is -0.128. The highest BCUT2D eigenvalue weighted by Gasteiger charge is 2.19. The Morgan fingerprint density at radius 2 is 1.69 bits per heavy atom. The highest BCUT2D eigenvalue weighted by atomic mass is 16.5. The topological polar surface area (TPSA) is 56.8 Å². The first-order chi connectivity index (χ1) is 14.2. The van der Waals surface area contributed by atoms with Gasteiger partial charge in [-0.3, -0.25) is 4.79 Å². The van der Waals surface area contributed by atoms with Crippen molar-refractivity contribution >= 4 is 16.7 Å². The van der Waals surface area contributed by atoms with Crippen LogP contribution >= 0.6 is 0 Å². The third kappa shape index (κ3) is 4.99. The highest BCUT2D eigenvalue weighted by molar-refractivity contribution is 5.89. The molecule has 152 valence electrons. The van der Waals surface area contributed by atoms with Crippen LogP contribution in [0.4, 0.5) is 0 Å². The molecule has 3 rings (SSSR count). The summed E-state index contributed by atoms with van der Waals surface area (Å²) in [5.74, 6) is 1.99. The fourth-order valence-corrected chi connectivity index (χ4v) is 3.25. The molecule has 5 nitrogen and oxygen atoms in total. The summed E-state index contributed by atoms with van der Waals surface area (Å²) in [5, 5.41) is 5.08. The molecule has 0 heterocycles. The molecule has 0 unspecified atom stereocenters. The van der Waals surface area contributed by atoms with Gasteiger partial charge in [0.15, 0.2) is 17.6 Å². The lowest BCUT2D eigenvalue weighted by atomic mass is 10.1. The molecule has 0 aromatic heterocycles. The largest absolute Gasteiger partial charge is 0.493 e. The molecule has 0 aliphatic rings. The number of benzene rings is 3. The molecule has 0 aliphatic carbocycles. The monoisotopic (exact) mass is 393 g/mol. The van der Waals surface area contributed by atoms with Gasteiger partial charge in [-0.05, 0) is 42.0 Å². The van der Waals surface area contributed by atoms with Gasteiger partial charge in [-0.15, -0.1) is 0 Å². The van der Waals surface area contributed by atoms with Gasteiger partial charge in [-0.2, -0.15) is 0 Å². The summed E-state index contributed by atoms with van der Waals surface area (Å²) in [7, 11) is 3.22. The molecule has 0 fully saturated rings. The van der Waals surface area contributed by atoms with E-state index in [0.717, 1.165) is 22.1 Å². The number of hydrogen-bond acceptors (Lipinski definition) is 4. The van der Waals surface area contributed by atoms with Gasteiger partial charge in [0.2, 0.25) is 0 Å². The smallest absolute Gasteiger partial charge is 0.261 e. The first-order valence-electron chi connectivity index (χ1n) is 9.79. The van der Waals surface area contributed by atoms with Gasteiger partial charge < -0.3 is 19.5 Å². The summed E-state index contributed by atoms with van der Waals surface area (Å²) in [4.78, 5) is 12.6. The Labute approximate surface area is 171 Å². The number of hydrogen-bond donors (Lipinski definition) is 1. The standard InChI is InChI=1S/C24H27NO4/c1-4-20(29-21-11-7-9-18-8-5-6-10-19(18)21)24(26)25-15-14-17-12-13-22(27-2)23(16-17)28-3/h5-13,16,20H,4,14-15H2,1-3H3,(H,25,26)/t20-/m0/s1. The molecule has 5 heteroatoms. The van der Waals surface area contributed by atoms with Crippen LogP contribution in [0.2, 0.25) is 0 Å². The maximum Gasteiger partial charge on any atom is 0.261 e. The van der Waals surface area contributed by atoms with E-state index in [1.165, 1.54) is 0 Å². The maximum absolute atomic E-state index is 12.6. The Bertz CT molecular complexity index is 965. The fraction of sp³-hybridized carbons (Fsp3) is 0.292. The van der Waals surface area contributed by atoms with Crippen LogP contribution in [0.3, 0.4) is 0 Å². The van der Waals surface area contributed by atoms with E-state index in [4.69, 9.17) is 14.2 Å². The normalized spacial score (nSPS) is 11.7. The van der Waals surface area contributed by atoms with Crippen LogP contribution < -0.4 is 19.5 Å². The summed E-state index contributed by atoms with van der Waals surface area (Å²) in [6.45, 7) is 2.47. The number of fused-ring (bicyclic) bond motifs is 1. The molecular formula is C24H27NO4. The van der Waals surface area contributed by atoms with Gasteiger partial charge in [-0.25, -0.2) is 0 Å². The predicted octanol–water partition coefficient (Wildman–Crippen LogP) is 4.37. The van der Waals surface area contributed by atoms with Gasteiger partial charge in [-0.1, -0.05) is 49.4 Å². The first kappa shape index (κ1) is 20.5. The van der Waals surface area contributed by atoms with Gasteiger partial charge >= 0.3 is 0 Å². The molecule has 0 saturated heterocycles. The van der Waals surface area contributed by atoms with Crippen molar-refractivity contribution in [2.45, 2.75) is 25.9 Å². The molecule has 1 N–H and O–H groups in total. The van der Waals surface area contributed by atoms with E-state index >= 15 is 0 Å². The van der Waals surface area contributed by atoms with Crippen LogP contribution in [-0.4, -0.2) is 32.8 Å². The molecule has 1 atom stereocenters. The van der Waals surface area contributed by atoms with E-state index < -0.39 is 6.10 Å². The summed E-state index contributed by atoms with van der Waals surface area (Å²) >= 11 is 0. The van der Waals surface area contributed by atoms with E-state index in [0.29, 0.717) is 30.9 Å². The number of carbonyl (C=O) groups is 1. The number of ether oxygens (including phenoxy) is 3. The highest BCUT2D eigenvalue weighted by Crippen LogP contribution is 2.28.